The van der Waals surface area contributed by atoms with Crippen LogP contribution in [0.25, 0.3) is 0 Å². The van der Waals surface area contributed by atoms with Gasteiger partial charge in [-0.25, -0.2) is 9.37 Å². The summed E-state index contributed by atoms with van der Waals surface area (Å²) < 4.78 is 51.3. The number of aryl methyl sites for hydroxylation is 1. The number of alkyl halides is 3. The van der Waals surface area contributed by atoms with E-state index in [1.54, 1.807) is 6.33 Å². The van der Waals surface area contributed by atoms with Crippen molar-refractivity contribution in [3.8, 4) is 0 Å². The zero-order valence-corrected chi connectivity index (χ0v) is 11.9. The van der Waals surface area contributed by atoms with E-state index < -0.39 is 17.6 Å². The number of halogens is 4. The van der Waals surface area contributed by atoms with E-state index in [4.69, 9.17) is 0 Å². The summed E-state index contributed by atoms with van der Waals surface area (Å²) in [6, 6.07) is 2.43. The van der Waals surface area contributed by atoms with E-state index in [0.717, 1.165) is 17.5 Å². The zero-order chi connectivity index (χ0) is 16.6. The first kappa shape index (κ1) is 15.5. The highest BCUT2D eigenvalue weighted by Crippen LogP contribution is 2.33. The van der Waals surface area contributed by atoms with Crippen LogP contribution in [0.15, 0.2) is 24.5 Å². The Labute approximate surface area is 128 Å². The molecule has 1 heterocycles. The smallest absolute Gasteiger partial charge is 0.348 e. The lowest BCUT2D eigenvalue weighted by Crippen LogP contribution is -2.28. The maximum absolute atomic E-state index is 13.2. The summed E-state index contributed by atoms with van der Waals surface area (Å²) >= 11 is 0. The number of hydrogen-bond donors (Lipinski definition) is 2. The maximum Gasteiger partial charge on any atom is 0.419 e. The molecule has 1 amide bonds. The van der Waals surface area contributed by atoms with Gasteiger partial charge in [0.25, 0.3) is 0 Å². The van der Waals surface area contributed by atoms with Crippen LogP contribution in [-0.4, -0.2) is 15.9 Å². The lowest BCUT2D eigenvalue weighted by molar-refractivity contribution is -0.140. The SMILES string of the molecule is O=C(Nc1ccc(F)c(C(F)(F)F)c1)C1CCc2nc[nH]c2C1. The minimum atomic E-state index is -4.81. The van der Waals surface area contributed by atoms with Crippen molar-refractivity contribution in [2.75, 3.05) is 5.32 Å². The number of imidazole rings is 1. The predicted molar refractivity (Wildman–Crippen MR) is 74.1 cm³/mol. The van der Waals surface area contributed by atoms with E-state index in [2.05, 4.69) is 15.3 Å². The molecule has 3 rings (SSSR count). The van der Waals surface area contributed by atoms with Gasteiger partial charge in [-0.15, -0.1) is 0 Å². The van der Waals surface area contributed by atoms with Crippen molar-refractivity contribution in [1.82, 2.24) is 9.97 Å². The van der Waals surface area contributed by atoms with E-state index in [1.165, 1.54) is 0 Å². The molecular formula is C15H13F4N3O. The minimum absolute atomic E-state index is 0.0702. The summed E-state index contributed by atoms with van der Waals surface area (Å²) in [5.41, 5.74) is 0.315. The number of carbonyl (C=O) groups is 1. The van der Waals surface area contributed by atoms with E-state index in [-0.39, 0.29) is 17.5 Å². The molecule has 4 nitrogen and oxygen atoms in total. The predicted octanol–water partition coefficient (Wildman–Crippen LogP) is 3.31. The van der Waals surface area contributed by atoms with Crippen LogP contribution in [0.5, 0.6) is 0 Å². The number of carbonyl (C=O) groups excluding carboxylic acids is 1. The summed E-state index contributed by atoms with van der Waals surface area (Å²) in [5.74, 6) is -2.11. The van der Waals surface area contributed by atoms with Crippen molar-refractivity contribution in [3.05, 3.63) is 47.3 Å². The fourth-order valence-corrected chi connectivity index (χ4v) is 2.69. The molecule has 122 valence electrons. The van der Waals surface area contributed by atoms with E-state index >= 15 is 0 Å². The van der Waals surface area contributed by atoms with Gasteiger partial charge in [-0.3, -0.25) is 4.79 Å². The highest BCUT2D eigenvalue weighted by Gasteiger charge is 2.34. The number of hydrogen-bond acceptors (Lipinski definition) is 2. The van der Waals surface area contributed by atoms with Crippen LogP contribution in [0.4, 0.5) is 23.2 Å². The Morgan fingerprint density at radius 1 is 1.35 bits per heavy atom. The number of nitrogens with one attached hydrogen (secondary N) is 2. The van der Waals surface area contributed by atoms with Crippen LogP contribution in [0.2, 0.25) is 0 Å². The molecule has 1 atom stereocenters. The van der Waals surface area contributed by atoms with Gasteiger partial charge in [-0.2, -0.15) is 13.2 Å². The molecule has 1 unspecified atom stereocenters. The first-order chi connectivity index (χ1) is 10.8. The van der Waals surface area contributed by atoms with Crippen molar-refractivity contribution < 1.29 is 22.4 Å². The molecule has 0 bridgehead atoms. The normalized spacial score (nSPS) is 17.7. The van der Waals surface area contributed by atoms with Gasteiger partial charge in [0, 0.05) is 23.7 Å². The van der Waals surface area contributed by atoms with Gasteiger partial charge in [-0.1, -0.05) is 0 Å². The third-order valence-corrected chi connectivity index (χ3v) is 3.90. The van der Waals surface area contributed by atoms with Gasteiger partial charge >= 0.3 is 6.18 Å². The molecular weight excluding hydrogens is 314 g/mol. The van der Waals surface area contributed by atoms with Crippen molar-refractivity contribution >= 4 is 11.6 Å². The third-order valence-electron chi connectivity index (χ3n) is 3.90. The number of H-pyrrole nitrogens is 1. The molecule has 1 aliphatic carbocycles. The van der Waals surface area contributed by atoms with Gasteiger partial charge in [-0.05, 0) is 31.0 Å². The van der Waals surface area contributed by atoms with E-state index in [9.17, 15) is 22.4 Å². The molecule has 0 aliphatic heterocycles. The topological polar surface area (TPSA) is 57.8 Å². The minimum Gasteiger partial charge on any atom is -0.348 e. The molecule has 0 radical (unpaired) electrons. The summed E-state index contributed by atoms with van der Waals surface area (Å²) in [5, 5.41) is 2.43. The van der Waals surface area contributed by atoms with E-state index in [0.29, 0.717) is 31.4 Å². The molecule has 1 aliphatic rings. The lowest BCUT2D eigenvalue weighted by Gasteiger charge is -2.21. The molecule has 0 spiro atoms. The standard InChI is InChI=1S/C15H13F4N3O/c16-11-3-2-9(6-10(11)15(17,18)19)22-14(23)8-1-4-12-13(5-8)21-7-20-12/h2-3,6-8H,1,4-5H2,(H,20,21)(H,22,23). The number of anilines is 1. The monoisotopic (exact) mass is 327 g/mol. The number of aromatic nitrogens is 2. The largest absolute Gasteiger partial charge is 0.419 e. The quantitative estimate of drug-likeness (QED) is 0.832. The van der Waals surface area contributed by atoms with Gasteiger partial charge in [0.2, 0.25) is 5.91 Å². The number of rotatable bonds is 2. The second-order valence-electron chi connectivity index (χ2n) is 5.45. The average Bonchev–Trinajstić information content (AvgIpc) is 2.95. The van der Waals surface area contributed by atoms with Gasteiger partial charge in [0.15, 0.2) is 0 Å². The van der Waals surface area contributed by atoms with Crippen molar-refractivity contribution in [1.29, 1.82) is 0 Å². The third kappa shape index (κ3) is 3.20. The van der Waals surface area contributed by atoms with Crippen LogP contribution in [0.1, 0.15) is 23.4 Å². The number of aromatic amines is 1. The molecule has 0 fully saturated rings. The first-order valence-corrected chi connectivity index (χ1v) is 7.03. The Hall–Kier alpha value is -2.38. The van der Waals surface area contributed by atoms with Gasteiger partial charge < -0.3 is 10.3 Å². The summed E-state index contributed by atoms with van der Waals surface area (Å²) in [7, 11) is 0. The lowest BCUT2D eigenvalue weighted by atomic mass is 9.89. The molecule has 0 saturated carbocycles. The number of nitrogens with zero attached hydrogens (tertiary/aromatic N) is 1. The van der Waals surface area contributed by atoms with Crippen molar-refractivity contribution in [3.63, 3.8) is 0 Å². The van der Waals surface area contributed by atoms with Crippen LogP contribution in [0, 0.1) is 11.7 Å². The Kier molecular flexibility index (Phi) is 3.83. The fourth-order valence-electron chi connectivity index (χ4n) is 2.69. The van der Waals surface area contributed by atoms with E-state index in [1.807, 2.05) is 0 Å². The van der Waals surface area contributed by atoms with Crippen molar-refractivity contribution in [2.45, 2.75) is 25.4 Å². The summed E-state index contributed by atoms with van der Waals surface area (Å²) in [6.07, 6.45) is -1.60. The van der Waals surface area contributed by atoms with Crippen LogP contribution in [0.3, 0.4) is 0 Å². The number of amides is 1. The van der Waals surface area contributed by atoms with Crippen LogP contribution in [-0.2, 0) is 23.8 Å². The second kappa shape index (κ2) is 5.68. The van der Waals surface area contributed by atoms with Crippen LogP contribution < -0.4 is 5.32 Å². The first-order valence-electron chi connectivity index (χ1n) is 7.03. The van der Waals surface area contributed by atoms with Gasteiger partial charge in [0.05, 0.1) is 17.6 Å². The second-order valence-corrected chi connectivity index (χ2v) is 5.45. The molecule has 8 heteroatoms. The summed E-state index contributed by atoms with van der Waals surface area (Å²) in [6.45, 7) is 0. The maximum atomic E-state index is 13.2. The Morgan fingerprint density at radius 2 is 2.13 bits per heavy atom. The Morgan fingerprint density at radius 3 is 2.87 bits per heavy atom. The highest BCUT2D eigenvalue weighted by atomic mass is 19.4. The molecule has 23 heavy (non-hydrogen) atoms. The molecule has 2 N–H and O–H groups in total. The zero-order valence-electron chi connectivity index (χ0n) is 11.9. The molecule has 1 aromatic carbocycles. The summed E-state index contributed by atoms with van der Waals surface area (Å²) in [4.78, 5) is 19.3. The molecule has 1 aromatic heterocycles. The van der Waals surface area contributed by atoms with Crippen LogP contribution >= 0.6 is 0 Å². The molecule has 2 aromatic rings. The number of benzene rings is 1. The Bertz CT molecular complexity index is 739. The fraction of sp³-hybridized carbons (Fsp3) is 0.333. The number of fused-ring (bicyclic) bond motifs is 1. The van der Waals surface area contributed by atoms with Gasteiger partial charge in [0.1, 0.15) is 5.82 Å². The highest BCUT2D eigenvalue weighted by molar-refractivity contribution is 5.93. The van der Waals surface area contributed by atoms with Crippen molar-refractivity contribution in [2.24, 2.45) is 5.92 Å². The average molecular weight is 327 g/mol. The molecule has 0 saturated heterocycles. The Balaban J connectivity index is 1.74.